The van der Waals surface area contributed by atoms with Crippen molar-refractivity contribution < 1.29 is 13.2 Å². The number of rotatable bonds is 5. The van der Waals surface area contributed by atoms with Crippen molar-refractivity contribution in [2.45, 2.75) is 13.3 Å². The molecule has 0 aliphatic heterocycles. The van der Waals surface area contributed by atoms with E-state index in [1.165, 1.54) is 7.05 Å². The van der Waals surface area contributed by atoms with Crippen LogP contribution in [0.5, 0.6) is 0 Å². The van der Waals surface area contributed by atoms with E-state index in [4.69, 9.17) is 5.26 Å². The van der Waals surface area contributed by atoms with Crippen LogP contribution >= 0.6 is 0 Å². The quantitative estimate of drug-likeness (QED) is 0.891. The highest BCUT2D eigenvalue weighted by Crippen LogP contribution is 2.25. The fraction of sp³-hybridized carbons (Fsp3) is 0.222. The topological polar surface area (TPSA) is 90.3 Å². The highest BCUT2D eigenvalue weighted by Gasteiger charge is 2.18. The van der Waals surface area contributed by atoms with Crippen molar-refractivity contribution in [1.29, 1.82) is 5.26 Å². The van der Waals surface area contributed by atoms with Crippen molar-refractivity contribution in [2.75, 3.05) is 22.9 Å². The molecule has 2 rings (SSSR count). The van der Waals surface area contributed by atoms with Crippen LogP contribution < -0.4 is 9.62 Å². The number of nitrogens with zero attached hydrogens (tertiary/aromatic N) is 2. The summed E-state index contributed by atoms with van der Waals surface area (Å²) in [6, 6.07) is 14.0. The second-order valence-corrected chi connectivity index (χ2v) is 7.68. The molecule has 0 aliphatic rings. The first kappa shape index (κ1) is 18.5. The van der Waals surface area contributed by atoms with E-state index in [0.29, 0.717) is 28.9 Å². The number of amides is 1. The Morgan fingerprint density at radius 1 is 1.20 bits per heavy atom. The molecule has 1 amide bonds. The lowest BCUT2D eigenvalue weighted by molar-refractivity contribution is 0.102. The van der Waals surface area contributed by atoms with Gasteiger partial charge in [-0.15, -0.1) is 0 Å². The number of carbonyl (C=O) groups is 1. The van der Waals surface area contributed by atoms with E-state index in [2.05, 4.69) is 11.4 Å². The fourth-order valence-electron chi connectivity index (χ4n) is 2.38. The third-order valence-corrected chi connectivity index (χ3v) is 5.07. The van der Waals surface area contributed by atoms with Crippen LogP contribution in [-0.2, 0) is 16.4 Å². The van der Waals surface area contributed by atoms with Gasteiger partial charge >= 0.3 is 0 Å². The van der Waals surface area contributed by atoms with Crippen LogP contribution in [0.4, 0.5) is 11.4 Å². The third kappa shape index (κ3) is 4.37. The largest absolute Gasteiger partial charge is 0.322 e. The molecule has 0 fully saturated rings. The third-order valence-electron chi connectivity index (χ3n) is 3.88. The molecule has 25 heavy (non-hydrogen) atoms. The van der Waals surface area contributed by atoms with E-state index in [0.717, 1.165) is 16.1 Å². The van der Waals surface area contributed by atoms with Crippen molar-refractivity contribution >= 4 is 27.3 Å². The Bertz CT molecular complexity index is 929. The van der Waals surface area contributed by atoms with Crippen molar-refractivity contribution in [1.82, 2.24) is 0 Å². The van der Waals surface area contributed by atoms with Crippen molar-refractivity contribution in [3.05, 3.63) is 59.2 Å². The number of hydrogen-bond acceptors (Lipinski definition) is 4. The molecule has 0 atom stereocenters. The van der Waals surface area contributed by atoms with Gasteiger partial charge in [0.25, 0.3) is 5.91 Å². The molecule has 0 spiro atoms. The van der Waals surface area contributed by atoms with E-state index in [-0.39, 0.29) is 5.91 Å². The summed E-state index contributed by atoms with van der Waals surface area (Å²) in [6.07, 6.45) is 1.43. The summed E-state index contributed by atoms with van der Waals surface area (Å²) in [7, 11) is -1.96. The lowest BCUT2D eigenvalue weighted by Crippen LogP contribution is -2.26. The average molecular weight is 357 g/mol. The van der Waals surface area contributed by atoms with Gasteiger partial charge in [-0.25, -0.2) is 8.42 Å². The van der Waals surface area contributed by atoms with Crippen LogP contribution in [0.15, 0.2) is 42.5 Å². The molecule has 1 N–H and O–H groups in total. The number of carbonyl (C=O) groups excluding carboxylic acids is 1. The minimum absolute atomic E-state index is 0.313. The van der Waals surface area contributed by atoms with Gasteiger partial charge in [-0.3, -0.25) is 9.10 Å². The molecular weight excluding hydrogens is 338 g/mol. The van der Waals surface area contributed by atoms with Gasteiger partial charge < -0.3 is 5.32 Å². The van der Waals surface area contributed by atoms with Crippen molar-refractivity contribution in [2.24, 2.45) is 0 Å². The summed E-state index contributed by atoms with van der Waals surface area (Å²) in [5, 5.41) is 11.5. The lowest BCUT2D eigenvalue weighted by Gasteiger charge is -2.20. The number of nitriles is 1. The number of nitrogens with one attached hydrogen (secondary N) is 1. The maximum absolute atomic E-state index is 12.5. The highest BCUT2D eigenvalue weighted by molar-refractivity contribution is 7.92. The first-order chi connectivity index (χ1) is 11.7. The van der Waals surface area contributed by atoms with Gasteiger partial charge in [0.1, 0.15) is 0 Å². The van der Waals surface area contributed by atoms with Crippen molar-refractivity contribution in [3.63, 3.8) is 0 Å². The summed E-state index contributed by atoms with van der Waals surface area (Å²) in [4.78, 5) is 12.5. The van der Waals surface area contributed by atoms with E-state index in [9.17, 15) is 13.2 Å². The molecule has 7 heteroatoms. The second kappa shape index (κ2) is 7.36. The Morgan fingerprint density at radius 2 is 1.84 bits per heavy atom. The Labute approximate surface area is 147 Å². The van der Waals surface area contributed by atoms with Crippen LogP contribution in [0.2, 0.25) is 0 Å². The van der Waals surface area contributed by atoms with Gasteiger partial charge in [0.15, 0.2) is 0 Å². The Hall–Kier alpha value is -2.85. The first-order valence-corrected chi connectivity index (χ1v) is 9.39. The van der Waals surface area contributed by atoms with Crippen LogP contribution in [-0.4, -0.2) is 27.6 Å². The smallest absolute Gasteiger partial charge is 0.256 e. The predicted molar refractivity (Wildman–Crippen MR) is 98.1 cm³/mol. The van der Waals surface area contributed by atoms with Crippen LogP contribution in [0.25, 0.3) is 0 Å². The minimum Gasteiger partial charge on any atom is -0.322 e. The molecule has 2 aromatic carbocycles. The van der Waals surface area contributed by atoms with E-state index >= 15 is 0 Å². The molecule has 0 aromatic heterocycles. The van der Waals surface area contributed by atoms with Gasteiger partial charge in [0, 0.05) is 18.3 Å². The lowest BCUT2D eigenvalue weighted by atomic mass is 10.1. The van der Waals surface area contributed by atoms with Crippen molar-refractivity contribution in [3.8, 4) is 6.07 Å². The Kier molecular flexibility index (Phi) is 5.45. The zero-order valence-electron chi connectivity index (χ0n) is 14.3. The fourth-order valence-corrected chi connectivity index (χ4v) is 2.94. The highest BCUT2D eigenvalue weighted by atomic mass is 32.2. The summed E-state index contributed by atoms with van der Waals surface area (Å²) < 4.78 is 24.6. The SMILES string of the molecule is Cc1c(C(=O)Nc2ccc(CC#N)cc2)cccc1N(C)S(C)(=O)=O. The standard InChI is InChI=1S/C18H19N3O3S/c1-13-16(5-4-6-17(13)21(2)25(3,23)24)18(22)20-15-9-7-14(8-10-15)11-12-19/h4-10H,11H2,1-3H3,(H,20,22). The predicted octanol–water partition coefficient (Wildman–Crippen LogP) is 2.71. The maximum atomic E-state index is 12.5. The molecule has 0 saturated heterocycles. The minimum atomic E-state index is -3.41. The van der Waals surface area contributed by atoms with E-state index in [1.807, 2.05) is 0 Å². The monoisotopic (exact) mass is 357 g/mol. The molecule has 2 aromatic rings. The molecule has 6 nitrogen and oxygen atoms in total. The van der Waals surface area contributed by atoms with Crippen LogP contribution in [0, 0.1) is 18.3 Å². The maximum Gasteiger partial charge on any atom is 0.256 e. The molecular formula is C18H19N3O3S. The normalized spacial score (nSPS) is 10.8. The Balaban J connectivity index is 2.27. The molecule has 130 valence electrons. The Morgan fingerprint density at radius 3 is 2.40 bits per heavy atom. The second-order valence-electron chi connectivity index (χ2n) is 5.67. The van der Waals surface area contributed by atoms with E-state index in [1.54, 1.807) is 49.4 Å². The molecule has 0 bridgehead atoms. The summed E-state index contributed by atoms with van der Waals surface area (Å²) >= 11 is 0. The molecule has 0 heterocycles. The number of benzene rings is 2. The average Bonchev–Trinajstić information content (AvgIpc) is 2.55. The molecule has 0 saturated carbocycles. The zero-order valence-corrected chi connectivity index (χ0v) is 15.1. The summed E-state index contributed by atoms with van der Waals surface area (Å²) in [5.41, 5.74) is 2.91. The van der Waals surface area contributed by atoms with Gasteiger partial charge in [-0.1, -0.05) is 18.2 Å². The molecule has 0 aliphatic carbocycles. The summed E-state index contributed by atoms with van der Waals surface area (Å²) in [5.74, 6) is -0.325. The van der Waals surface area contributed by atoms with Gasteiger partial charge in [0.2, 0.25) is 10.0 Å². The summed E-state index contributed by atoms with van der Waals surface area (Å²) in [6.45, 7) is 1.71. The molecule has 0 unspecified atom stereocenters. The van der Waals surface area contributed by atoms with Crippen LogP contribution in [0.1, 0.15) is 21.5 Å². The van der Waals surface area contributed by atoms with Gasteiger partial charge in [0.05, 0.1) is 24.4 Å². The molecule has 0 radical (unpaired) electrons. The number of anilines is 2. The van der Waals surface area contributed by atoms with Crippen LogP contribution in [0.3, 0.4) is 0 Å². The van der Waals surface area contributed by atoms with Gasteiger partial charge in [-0.05, 0) is 42.3 Å². The number of hydrogen-bond donors (Lipinski definition) is 1. The number of sulfonamides is 1. The zero-order chi connectivity index (χ0) is 18.6. The van der Waals surface area contributed by atoms with Gasteiger partial charge in [-0.2, -0.15) is 5.26 Å². The van der Waals surface area contributed by atoms with E-state index < -0.39 is 10.0 Å². The first-order valence-electron chi connectivity index (χ1n) is 7.55.